The van der Waals surface area contributed by atoms with E-state index >= 15 is 0 Å². The fraction of sp³-hybridized carbons (Fsp3) is 0.267. The van der Waals surface area contributed by atoms with Gasteiger partial charge in [-0.05, 0) is 36.6 Å². The van der Waals surface area contributed by atoms with Gasteiger partial charge in [0.15, 0.2) is 0 Å². The Bertz CT molecular complexity index is 626. The number of carbonyl (C=O) groups excluding carboxylic acids is 1. The van der Waals surface area contributed by atoms with Gasteiger partial charge in [-0.1, -0.05) is 12.1 Å². The van der Waals surface area contributed by atoms with Gasteiger partial charge in [0.25, 0.3) is 0 Å². The van der Waals surface area contributed by atoms with Gasteiger partial charge < -0.3 is 10.6 Å². The van der Waals surface area contributed by atoms with E-state index in [1.54, 1.807) is 11.3 Å². The van der Waals surface area contributed by atoms with Gasteiger partial charge in [0.05, 0.1) is 5.56 Å². The highest BCUT2D eigenvalue weighted by Gasteiger charge is 2.30. The van der Waals surface area contributed by atoms with E-state index in [2.05, 4.69) is 10.6 Å². The van der Waals surface area contributed by atoms with Crippen molar-refractivity contribution in [1.29, 1.82) is 0 Å². The number of hydrogen-bond acceptors (Lipinski definition) is 2. The van der Waals surface area contributed by atoms with Gasteiger partial charge in [-0.2, -0.15) is 13.2 Å². The van der Waals surface area contributed by atoms with Crippen molar-refractivity contribution in [3.05, 3.63) is 52.2 Å². The van der Waals surface area contributed by atoms with Crippen LogP contribution in [-0.2, 0) is 12.6 Å². The molecule has 0 saturated carbocycles. The quantitative estimate of drug-likeness (QED) is 0.851. The van der Waals surface area contributed by atoms with Crippen molar-refractivity contribution in [2.75, 3.05) is 5.32 Å². The molecule has 0 fully saturated rings. The van der Waals surface area contributed by atoms with Gasteiger partial charge in [-0.3, -0.25) is 0 Å². The average Bonchev–Trinajstić information content (AvgIpc) is 2.90. The summed E-state index contributed by atoms with van der Waals surface area (Å²) in [5.41, 5.74) is -0.687. The molecule has 0 unspecified atom stereocenters. The minimum atomic E-state index is -4.43. The molecule has 2 aromatic rings. The molecule has 0 aliphatic carbocycles. The number of amides is 2. The molecular formula is C15H15F3N2OS. The molecule has 0 spiro atoms. The average molecular weight is 328 g/mol. The van der Waals surface area contributed by atoms with Crippen molar-refractivity contribution in [3.63, 3.8) is 0 Å². The molecule has 2 N–H and O–H groups in total. The molecule has 0 bridgehead atoms. The Morgan fingerprint density at radius 1 is 1.27 bits per heavy atom. The monoisotopic (exact) mass is 328 g/mol. The minimum Gasteiger partial charge on any atom is -0.335 e. The van der Waals surface area contributed by atoms with Gasteiger partial charge in [0.2, 0.25) is 0 Å². The van der Waals surface area contributed by atoms with Crippen molar-refractivity contribution in [2.24, 2.45) is 0 Å². The van der Waals surface area contributed by atoms with E-state index in [0.717, 1.165) is 17.0 Å². The molecule has 0 aliphatic heterocycles. The Kier molecular flexibility index (Phi) is 5.07. The van der Waals surface area contributed by atoms with Crippen molar-refractivity contribution >= 4 is 23.1 Å². The fourth-order valence-electron chi connectivity index (χ4n) is 1.95. The molecule has 1 heterocycles. The van der Waals surface area contributed by atoms with Crippen LogP contribution in [0.5, 0.6) is 0 Å². The summed E-state index contributed by atoms with van der Waals surface area (Å²) in [4.78, 5) is 12.9. The zero-order valence-corrected chi connectivity index (χ0v) is 12.6. The van der Waals surface area contributed by atoms with Crippen molar-refractivity contribution in [2.45, 2.75) is 25.6 Å². The third-order valence-electron chi connectivity index (χ3n) is 2.91. The molecule has 2 amide bonds. The molecular weight excluding hydrogens is 313 g/mol. The predicted octanol–water partition coefficient (Wildman–Crippen LogP) is 4.52. The van der Waals surface area contributed by atoms with Crippen LogP contribution in [0.2, 0.25) is 0 Å². The van der Waals surface area contributed by atoms with Gasteiger partial charge in [-0.25, -0.2) is 4.79 Å². The Morgan fingerprint density at radius 3 is 2.68 bits per heavy atom. The summed E-state index contributed by atoms with van der Waals surface area (Å²) in [6.45, 7) is 1.84. The topological polar surface area (TPSA) is 41.1 Å². The lowest BCUT2D eigenvalue weighted by Crippen LogP contribution is -2.37. The number of halogens is 3. The van der Waals surface area contributed by atoms with Crippen LogP contribution in [0.3, 0.4) is 0 Å². The van der Waals surface area contributed by atoms with E-state index < -0.39 is 17.8 Å². The number of nitrogens with one attached hydrogen (secondary N) is 2. The number of thiophene rings is 1. The van der Waals surface area contributed by atoms with Crippen LogP contribution in [-0.4, -0.2) is 12.1 Å². The first kappa shape index (κ1) is 16.4. The van der Waals surface area contributed by atoms with E-state index in [0.29, 0.717) is 6.42 Å². The molecule has 7 heteroatoms. The molecule has 1 aromatic carbocycles. The summed E-state index contributed by atoms with van der Waals surface area (Å²) >= 11 is 1.59. The maximum Gasteiger partial charge on any atom is 0.416 e. The van der Waals surface area contributed by atoms with E-state index in [1.165, 1.54) is 12.1 Å². The van der Waals surface area contributed by atoms with Crippen molar-refractivity contribution in [3.8, 4) is 0 Å². The zero-order valence-electron chi connectivity index (χ0n) is 11.8. The Labute approximate surface area is 130 Å². The Hall–Kier alpha value is -2.02. The maximum atomic E-state index is 12.6. The number of urea groups is 1. The molecule has 1 aromatic heterocycles. The number of carbonyl (C=O) groups is 1. The lowest BCUT2D eigenvalue weighted by molar-refractivity contribution is -0.137. The highest BCUT2D eigenvalue weighted by Crippen LogP contribution is 2.30. The number of benzene rings is 1. The molecule has 2 rings (SSSR count). The predicted molar refractivity (Wildman–Crippen MR) is 81.1 cm³/mol. The van der Waals surface area contributed by atoms with Crippen LogP contribution in [0.1, 0.15) is 17.4 Å². The number of anilines is 1. The number of alkyl halides is 3. The van der Waals surface area contributed by atoms with Crippen LogP contribution >= 0.6 is 11.3 Å². The number of rotatable bonds is 4. The standard InChI is InChI=1S/C15H15F3N2OS/c1-10(8-13-6-3-7-22-13)19-14(21)20-12-5-2-4-11(9-12)15(16,17)18/h2-7,9-10H,8H2,1H3,(H2,19,20,21)/t10-/m1/s1. The van der Waals surface area contributed by atoms with E-state index in [4.69, 9.17) is 0 Å². The zero-order chi connectivity index (χ0) is 16.2. The van der Waals surface area contributed by atoms with Gasteiger partial charge in [-0.15, -0.1) is 11.3 Å². The first-order chi connectivity index (χ1) is 10.3. The van der Waals surface area contributed by atoms with Crippen LogP contribution in [0.25, 0.3) is 0 Å². The van der Waals surface area contributed by atoms with Crippen LogP contribution < -0.4 is 10.6 Å². The SMILES string of the molecule is C[C@H](Cc1cccs1)NC(=O)Nc1cccc(C(F)(F)F)c1. The van der Waals surface area contributed by atoms with Crippen LogP contribution in [0.15, 0.2) is 41.8 Å². The first-order valence-corrected chi connectivity index (χ1v) is 7.50. The molecule has 0 saturated heterocycles. The normalized spacial score (nSPS) is 12.7. The molecule has 0 aliphatic rings. The van der Waals surface area contributed by atoms with Crippen LogP contribution in [0.4, 0.5) is 23.7 Å². The maximum absolute atomic E-state index is 12.6. The van der Waals surface area contributed by atoms with E-state index in [1.807, 2.05) is 24.4 Å². The highest BCUT2D eigenvalue weighted by molar-refractivity contribution is 7.09. The summed E-state index contributed by atoms with van der Waals surface area (Å²) in [5, 5.41) is 7.07. The van der Waals surface area contributed by atoms with Gasteiger partial charge in [0, 0.05) is 23.0 Å². The first-order valence-electron chi connectivity index (χ1n) is 6.62. The van der Waals surface area contributed by atoms with Crippen LogP contribution in [0, 0.1) is 0 Å². The van der Waals surface area contributed by atoms with E-state index in [9.17, 15) is 18.0 Å². The summed E-state index contributed by atoms with van der Waals surface area (Å²) < 4.78 is 37.8. The van der Waals surface area contributed by atoms with Gasteiger partial charge >= 0.3 is 12.2 Å². The molecule has 118 valence electrons. The second-order valence-electron chi connectivity index (χ2n) is 4.86. The molecule has 1 atom stereocenters. The second kappa shape index (κ2) is 6.83. The molecule has 0 radical (unpaired) electrons. The third-order valence-corrected chi connectivity index (χ3v) is 3.81. The summed E-state index contributed by atoms with van der Waals surface area (Å²) in [6, 6.07) is 7.79. The Morgan fingerprint density at radius 2 is 2.05 bits per heavy atom. The number of hydrogen-bond donors (Lipinski definition) is 2. The van der Waals surface area contributed by atoms with E-state index in [-0.39, 0.29) is 11.7 Å². The smallest absolute Gasteiger partial charge is 0.335 e. The molecule has 3 nitrogen and oxygen atoms in total. The summed E-state index contributed by atoms with van der Waals surface area (Å²) in [6.07, 6.45) is -3.76. The third kappa shape index (κ3) is 4.77. The fourth-order valence-corrected chi connectivity index (χ4v) is 2.78. The minimum absolute atomic E-state index is 0.107. The summed E-state index contributed by atoms with van der Waals surface area (Å²) in [7, 11) is 0. The largest absolute Gasteiger partial charge is 0.416 e. The molecule has 22 heavy (non-hydrogen) atoms. The Balaban J connectivity index is 1.91. The van der Waals surface area contributed by atoms with Crippen molar-refractivity contribution < 1.29 is 18.0 Å². The second-order valence-corrected chi connectivity index (χ2v) is 5.89. The summed E-state index contributed by atoms with van der Waals surface area (Å²) in [5.74, 6) is 0. The van der Waals surface area contributed by atoms with Gasteiger partial charge in [0.1, 0.15) is 0 Å². The van der Waals surface area contributed by atoms with Crippen molar-refractivity contribution in [1.82, 2.24) is 5.32 Å². The lowest BCUT2D eigenvalue weighted by atomic mass is 10.2. The highest BCUT2D eigenvalue weighted by atomic mass is 32.1. The lowest BCUT2D eigenvalue weighted by Gasteiger charge is -2.14.